The summed E-state index contributed by atoms with van der Waals surface area (Å²) in [5.41, 5.74) is 3.16. The molecule has 0 aliphatic rings. The molecule has 4 nitrogen and oxygen atoms in total. The van der Waals surface area contributed by atoms with Crippen LogP contribution in [0.5, 0.6) is 11.5 Å². The summed E-state index contributed by atoms with van der Waals surface area (Å²) in [5.74, 6) is 0.312. The van der Waals surface area contributed by atoms with E-state index in [-0.39, 0.29) is 17.2 Å². The third-order valence-electron chi connectivity index (χ3n) is 3.99. The number of rotatable bonds is 5. The highest BCUT2D eigenvalue weighted by Gasteiger charge is 2.11. The van der Waals surface area contributed by atoms with Gasteiger partial charge in [0.25, 0.3) is 5.91 Å². The molecule has 3 rings (SSSR count). The Morgan fingerprint density at radius 1 is 1.04 bits per heavy atom. The molecule has 0 fully saturated rings. The highest BCUT2D eigenvalue weighted by Crippen LogP contribution is 2.25. The number of hydrogen-bond donors (Lipinski definition) is 2. The minimum Gasteiger partial charge on any atom is -0.507 e. The maximum Gasteiger partial charge on any atom is 0.255 e. The lowest BCUT2D eigenvalue weighted by Crippen LogP contribution is -2.22. The molecule has 26 heavy (non-hydrogen) atoms. The molecule has 3 aromatic rings. The Morgan fingerprint density at radius 2 is 1.77 bits per heavy atom. The predicted molar refractivity (Wildman–Crippen MR) is 103 cm³/mol. The fraction of sp³-hybridized carbons (Fsp3) is 0.0952. The van der Waals surface area contributed by atoms with Gasteiger partial charge in [0.2, 0.25) is 0 Å². The van der Waals surface area contributed by atoms with E-state index in [1.54, 1.807) is 7.11 Å². The number of halogens is 1. The maximum atomic E-state index is 12.3. The van der Waals surface area contributed by atoms with Gasteiger partial charge in [0.1, 0.15) is 11.5 Å². The molecule has 0 heterocycles. The Bertz CT molecular complexity index is 940. The van der Waals surface area contributed by atoms with E-state index >= 15 is 0 Å². The van der Waals surface area contributed by atoms with E-state index in [4.69, 9.17) is 16.3 Å². The number of phenolic OH excluding ortho intramolecular Hbond substituents is 1. The van der Waals surface area contributed by atoms with Gasteiger partial charge in [-0.05, 0) is 53.1 Å². The van der Waals surface area contributed by atoms with Crippen molar-refractivity contribution in [2.24, 2.45) is 0 Å². The van der Waals surface area contributed by atoms with Gasteiger partial charge in [-0.1, -0.05) is 41.9 Å². The largest absolute Gasteiger partial charge is 0.507 e. The van der Waals surface area contributed by atoms with Crippen LogP contribution in [0.15, 0.2) is 66.7 Å². The third-order valence-corrected chi connectivity index (χ3v) is 4.22. The van der Waals surface area contributed by atoms with Gasteiger partial charge in [-0.25, -0.2) is 0 Å². The Balaban J connectivity index is 1.74. The molecule has 0 radical (unpaired) electrons. The summed E-state index contributed by atoms with van der Waals surface area (Å²) < 4.78 is 5.26. The Labute approximate surface area is 157 Å². The van der Waals surface area contributed by atoms with Crippen LogP contribution in [0.25, 0.3) is 11.1 Å². The number of hydrogen-bond acceptors (Lipinski definition) is 3. The van der Waals surface area contributed by atoms with Gasteiger partial charge in [-0.3, -0.25) is 4.79 Å². The fourth-order valence-electron chi connectivity index (χ4n) is 2.63. The molecule has 0 aliphatic carbocycles. The van der Waals surface area contributed by atoms with Crippen molar-refractivity contribution >= 4 is 17.5 Å². The van der Waals surface area contributed by atoms with E-state index in [2.05, 4.69) is 5.32 Å². The van der Waals surface area contributed by atoms with Crippen molar-refractivity contribution in [2.45, 2.75) is 6.54 Å². The number of carbonyl (C=O) groups excluding carboxylic acids is 1. The standard InChI is InChI=1S/C21H18ClNO3/c1-26-18-7-3-6-16(11-18)15-5-2-4-14(10-15)13-23-21(25)19-12-17(22)8-9-20(19)24/h2-12,24H,13H2,1H3,(H,23,25). The molecule has 0 spiro atoms. The van der Waals surface area contributed by atoms with Crippen LogP contribution in [0, 0.1) is 0 Å². The van der Waals surface area contributed by atoms with Crippen molar-refractivity contribution < 1.29 is 14.6 Å². The van der Waals surface area contributed by atoms with E-state index in [0.717, 1.165) is 22.4 Å². The van der Waals surface area contributed by atoms with E-state index in [1.165, 1.54) is 18.2 Å². The highest BCUT2D eigenvalue weighted by atomic mass is 35.5. The summed E-state index contributed by atoms with van der Waals surface area (Å²) in [5, 5.41) is 13.0. The first kappa shape index (κ1) is 17.8. The third kappa shape index (κ3) is 4.16. The van der Waals surface area contributed by atoms with Gasteiger partial charge in [-0.2, -0.15) is 0 Å². The second kappa shape index (κ2) is 7.93. The number of ether oxygens (including phenoxy) is 1. The summed E-state index contributed by atoms with van der Waals surface area (Å²) in [4.78, 5) is 12.3. The number of benzene rings is 3. The maximum absolute atomic E-state index is 12.3. The summed E-state index contributed by atoms with van der Waals surface area (Å²) in [6.07, 6.45) is 0. The number of methoxy groups -OCH3 is 1. The monoisotopic (exact) mass is 367 g/mol. The van der Waals surface area contributed by atoms with E-state index in [9.17, 15) is 9.90 Å². The Hall–Kier alpha value is -2.98. The SMILES string of the molecule is COc1cccc(-c2cccc(CNC(=O)c3cc(Cl)ccc3O)c2)c1. The zero-order valence-corrected chi connectivity index (χ0v) is 15.0. The van der Waals surface area contributed by atoms with Crippen LogP contribution in [0.3, 0.4) is 0 Å². The van der Waals surface area contributed by atoms with Crippen LogP contribution >= 0.6 is 11.6 Å². The average molecular weight is 368 g/mol. The Kier molecular flexibility index (Phi) is 5.44. The second-order valence-corrected chi connectivity index (χ2v) is 6.21. The summed E-state index contributed by atoms with van der Waals surface area (Å²) in [6, 6.07) is 20.1. The smallest absolute Gasteiger partial charge is 0.255 e. The molecule has 0 saturated heterocycles. The van der Waals surface area contributed by atoms with Gasteiger partial charge >= 0.3 is 0 Å². The number of carbonyl (C=O) groups is 1. The van der Waals surface area contributed by atoms with Crippen molar-refractivity contribution in [3.63, 3.8) is 0 Å². The number of phenols is 1. The van der Waals surface area contributed by atoms with Crippen LogP contribution in [-0.2, 0) is 6.54 Å². The van der Waals surface area contributed by atoms with Crippen LogP contribution in [0.4, 0.5) is 0 Å². The molecular weight excluding hydrogens is 350 g/mol. The first-order chi connectivity index (χ1) is 12.6. The normalized spacial score (nSPS) is 10.4. The molecule has 1 amide bonds. The molecular formula is C21H18ClNO3. The number of aromatic hydroxyl groups is 1. The first-order valence-electron chi connectivity index (χ1n) is 8.07. The molecule has 0 saturated carbocycles. The number of amides is 1. The Morgan fingerprint density at radius 3 is 2.54 bits per heavy atom. The molecule has 0 unspecified atom stereocenters. The lowest BCUT2D eigenvalue weighted by molar-refractivity contribution is 0.0948. The number of nitrogens with one attached hydrogen (secondary N) is 1. The molecule has 0 aliphatic heterocycles. The quantitative estimate of drug-likeness (QED) is 0.690. The molecule has 132 valence electrons. The lowest BCUT2D eigenvalue weighted by atomic mass is 10.0. The van der Waals surface area contributed by atoms with Crippen molar-refractivity contribution in [2.75, 3.05) is 7.11 Å². The van der Waals surface area contributed by atoms with Gasteiger partial charge in [-0.15, -0.1) is 0 Å². The van der Waals surface area contributed by atoms with E-state index in [1.807, 2.05) is 48.5 Å². The van der Waals surface area contributed by atoms with Gasteiger partial charge in [0.05, 0.1) is 12.7 Å². The molecule has 0 aromatic heterocycles. The van der Waals surface area contributed by atoms with Crippen LogP contribution in [0.2, 0.25) is 5.02 Å². The highest BCUT2D eigenvalue weighted by molar-refractivity contribution is 6.31. The minimum atomic E-state index is -0.378. The average Bonchev–Trinajstić information content (AvgIpc) is 2.68. The van der Waals surface area contributed by atoms with Crippen molar-refractivity contribution in [3.8, 4) is 22.6 Å². The fourth-order valence-corrected chi connectivity index (χ4v) is 2.80. The van der Waals surface area contributed by atoms with Gasteiger partial charge in [0.15, 0.2) is 0 Å². The van der Waals surface area contributed by atoms with E-state index in [0.29, 0.717) is 11.6 Å². The molecule has 0 bridgehead atoms. The van der Waals surface area contributed by atoms with Gasteiger partial charge in [0, 0.05) is 11.6 Å². The van der Waals surface area contributed by atoms with Crippen LogP contribution in [0.1, 0.15) is 15.9 Å². The van der Waals surface area contributed by atoms with Gasteiger partial charge < -0.3 is 15.2 Å². The van der Waals surface area contributed by atoms with Crippen molar-refractivity contribution in [1.29, 1.82) is 0 Å². The molecule has 3 aromatic carbocycles. The first-order valence-corrected chi connectivity index (χ1v) is 8.44. The van der Waals surface area contributed by atoms with E-state index < -0.39 is 0 Å². The zero-order chi connectivity index (χ0) is 18.5. The molecule has 2 N–H and O–H groups in total. The topological polar surface area (TPSA) is 58.6 Å². The predicted octanol–water partition coefficient (Wildman–Crippen LogP) is 4.65. The molecule has 5 heteroatoms. The second-order valence-electron chi connectivity index (χ2n) is 5.78. The van der Waals surface area contributed by atoms with Crippen molar-refractivity contribution in [3.05, 3.63) is 82.9 Å². The summed E-state index contributed by atoms with van der Waals surface area (Å²) in [7, 11) is 1.64. The zero-order valence-electron chi connectivity index (χ0n) is 14.2. The summed E-state index contributed by atoms with van der Waals surface area (Å²) in [6.45, 7) is 0.336. The van der Waals surface area contributed by atoms with Crippen LogP contribution in [-0.4, -0.2) is 18.1 Å². The van der Waals surface area contributed by atoms with Crippen LogP contribution < -0.4 is 10.1 Å². The summed E-state index contributed by atoms with van der Waals surface area (Å²) >= 11 is 5.89. The van der Waals surface area contributed by atoms with Crippen molar-refractivity contribution in [1.82, 2.24) is 5.32 Å². The lowest BCUT2D eigenvalue weighted by Gasteiger charge is -2.09. The molecule has 0 atom stereocenters. The minimum absolute atomic E-state index is 0.1000.